The van der Waals surface area contributed by atoms with Gasteiger partial charge in [0.2, 0.25) is 5.91 Å². The van der Waals surface area contributed by atoms with Gasteiger partial charge in [0.05, 0.1) is 18.2 Å². The molecule has 25 heavy (non-hydrogen) atoms. The van der Waals surface area contributed by atoms with E-state index >= 15 is 0 Å². The van der Waals surface area contributed by atoms with Crippen molar-refractivity contribution in [3.8, 4) is 0 Å². The van der Waals surface area contributed by atoms with Crippen molar-refractivity contribution in [3.63, 3.8) is 0 Å². The topological polar surface area (TPSA) is 54.3 Å². The highest BCUT2D eigenvalue weighted by Gasteiger charge is 2.37. The van der Waals surface area contributed by atoms with E-state index in [0.29, 0.717) is 19.6 Å². The summed E-state index contributed by atoms with van der Waals surface area (Å²) in [6, 6.07) is 6.96. The molecule has 0 aliphatic carbocycles. The van der Waals surface area contributed by atoms with Crippen LogP contribution in [0.3, 0.4) is 0 Å². The maximum atomic E-state index is 13.3. The highest BCUT2D eigenvalue weighted by Crippen LogP contribution is 2.26. The van der Waals surface area contributed by atoms with Gasteiger partial charge in [-0.15, -0.1) is 5.10 Å². The fourth-order valence-corrected chi connectivity index (χ4v) is 3.77. The number of benzene rings is 1. The molecule has 2 aliphatic heterocycles. The van der Waals surface area contributed by atoms with E-state index in [-0.39, 0.29) is 23.7 Å². The molecule has 2 aliphatic rings. The summed E-state index contributed by atoms with van der Waals surface area (Å²) in [5.41, 5.74) is 0.961. The van der Waals surface area contributed by atoms with Crippen molar-refractivity contribution >= 4 is 5.91 Å². The van der Waals surface area contributed by atoms with Gasteiger partial charge >= 0.3 is 0 Å². The van der Waals surface area contributed by atoms with Gasteiger partial charge in [0.25, 0.3) is 0 Å². The monoisotopic (exact) mass is 343 g/mol. The number of hydrogen-bond acceptors (Lipinski definition) is 4. The predicted octanol–water partition coefficient (Wildman–Crippen LogP) is 1.71. The molecule has 0 spiro atoms. The minimum Gasteiger partial charge on any atom is -0.338 e. The van der Waals surface area contributed by atoms with Gasteiger partial charge in [0.15, 0.2) is 0 Å². The van der Waals surface area contributed by atoms with Crippen LogP contribution in [0.15, 0.2) is 36.7 Å². The number of amides is 1. The van der Waals surface area contributed by atoms with Crippen LogP contribution < -0.4 is 0 Å². The Labute approximate surface area is 146 Å². The molecule has 2 aromatic rings. The molecule has 0 radical (unpaired) electrons. The van der Waals surface area contributed by atoms with E-state index in [1.807, 2.05) is 21.8 Å². The largest absolute Gasteiger partial charge is 0.338 e. The molecule has 4 rings (SSSR count). The zero-order valence-electron chi connectivity index (χ0n) is 14.1. The van der Waals surface area contributed by atoms with Crippen LogP contribution in [0.1, 0.15) is 24.4 Å². The number of rotatable bonds is 4. The van der Waals surface area contributed by atoms with E-state index in [9.17, 15) is 9.18 Å². The smallest absolute Gasteiger partial charge is 0.227 e. The van der Waals surface area contributed by atoms with Crippen molar-refractivity contribution in [1.82, 2.24) is 24.8 Å². The Kier molecular flexibility index (Phi) is 4.48. The standard InChI is InChI=1S/C18H22FN5O/c19-16-5-1-3-14(9-16)10-22-7-2-4-15(11-22)18(25)23-12-17(13-23)24-8-6-20-21-24/h1,3,5-6,8-9,15,17H,2,4,7,10-13H2. The van der Waals surface area contributed by atoms with Crippen molar-refractivity contribution in [3.05, 3.63) is 48.0 Å². The first-order chi connectivity index (χ1) is 12.2. The molecule has 6 nitrogen and oxygen atoms in total. The van der Waals surface area contributed by atoms with E-state index < -0.39 is 0 Å². The normalized spacial score (nSPS) is 22.0. The Morgan fingerprint density at radius 2 is 2.16 bits per heavy atom. The van der Waals surface area contributed by atoms with Gasteiger partial charge < -0.3 is 4.90 Å². The van der Waals surface area contributed by atoms with E-state index in [1.54, 1.807) is 18.3 Å². The molecule has 0 bridgehead atoms. The first-order valence-electron chi connectivity index (χ1n) is 8.80. The van der Waals surface area contributed by atoms with Crippen LogP contribution >= 0.6 is 0 Å². The molecule has 1 amide bonds. The molecular formula is C18H22FN5O. The van der Waals surface area contributed by atoms with Crippen LogP contribution in [0, 0.1) is 11.7 Å². The molecule has 1 unspecified atom stereocenters. The Balaban J connectivity index is 1.31. The maximum absolute atomic E-state index is 13.3. The Hall–Kier alpha value is -2.28. The van der Waals surface area contributed by atoms with Crippen LogP contribution in [0.5, 0.6) is 0 Å². The first-order valence-corrected chi connectivity index (χ1v) is 8.80. The van der Waals surface area contributed by atoms with Crippen LogP contribution in [0.25, 0.3) is 0 Å². The van der Waals surface area contributed by atoms with Gasteiger partial charge in [-0.25, -0.2) is 9.07 Å². The lowest BCUT2D eigenvalue weighted by Gasteiger charge is -2.42. The quantitative estimate of drug-likeness (QED) is 0.848. The van der Waals surface area contributed by atoms with Crippen LogP contribution in [0.4, 0.5) is 4.39 Å². The number of halogens is 1. The third kappa shape index (κ3) is 3.56. The molecule has 3 heterocycles. The van der Waals surface area contributed by atoms with Crippen LogP contribution in [-0.4, -0.2) is 56.9 Å². The second kappa shape index (κ2) is 6.92. The third-order valence-corrected chi connectivity index (χ3v) is 5.14. The molecular weight excluding hydrogens is 321 g/mol. The van der Waals surface area contributed by atoms with E-state index in [4.69, 9.17) is 0 Å². The summed E-state index contributed by atoms with van der Waals surface area (Å²) in [5, 5.41) is 7.82. The van der Waals surface area contributed by atoms with E-state index in [1.165, 1.54) is 6.07 Å². The Bertz CT molecular complexity index is 729. The van der Waals surface area contributed by atoms with Crippen molar-refractivity contribution in [1.29, 1.82) is 0 Å². The third-order valence-electron chi connectivity index (χ3n) is 5.14. The summed E-state index contributed by atoms with van der Waals surface area (Å²) in [6.07, 6.45) is 5.44. The average molecular weight is 343 g/mol. The van der Waals surface area contributed by atoms with E-state index in [0.717, 1.165) is 31.5 Å². The van der Waals surface area contributed by atoms with Crippen molar-refractivity contribution in [2.75, 3.05) is 26.2 Å². The molecule has 0 N–H and O–H groups in total. The maximum Gasteiger partial charge on any atom is 0.227 e. The SMILES string of the molecule is O=C(C1CCCN(Cc2cccc(F)c2)C1)N1CC(n2ccnn2)C1. The van der Waals surface area contributed by atoms with Gasteiger partial charge in [-0.1, -0.05) is 17.3 Å². The number of hydrogen-bond donors (Lipinski definition) is 0. The lowest BCUT2D eigenvalue weighted by molar-refractivity contribution is -0.143. The van der Waals surface area contributed by atoms with Gasteiger partial charge in [-0.3, -0.25) is 9.69 Å². The number of aromatic nitrogens is 3. The lowest BCUT2D eigenvalue weighted by atomic mass is 9.94. The number of piperidine rings is 1. The summed E-state index contributed by atoms with van der Waals surface area (Å²) in [4.78, 5) is 16.9. The van der Waals surface area contributed by atoms with E-state index in [2.05, 4.69) is 15.2 Å². The molecule has 2 saturated heterocycles. The number of carbonyl (C=O) groups excluding carboxylic acids is 1. The minimum atomic E-state index is -0.207. The van der Waals surface area contributed by atoms with Crippen LogP contribution in [0.2, 0.25) is 0 Å². The predicted molar refractivity (Wildman–Crippen MR) is 90.0 cm³/mol. The molecule has 1 aromatic heterocycles. The fraction of sp³-hybridized carbons (Fsp3) is 0.500. The minimum absolute atomic E-state index is 0.0407. The summed E-state index contributed by atoms with van der Waals surface area (Å²) < 4.78 is 15.2. The lowest BCUT2D eigenvalue weighted by Crippen LogP contribution is -2.54. The zero-order valence-corrected chi connectivity index (χ0v) is 14.1. The number of carbonyl (C=O) groups is 1. The first kappa shape index (κ1) is 16.2. The number of likely N-dealkylation sites (tertiary alicyclic amines) is 2. The van der Waals surface area contributed by atoms with Crippen molar-refractivity contribution < 1.29 is 9.18 Å². The summed E-state index contributed by atoms with van der Waals surface area (Å²) in [5.74, 6) is 0.0705. The number of nitrogens with zero attached hydrogens (tertiary/aromatic N) is 5. The average Bonchev–Trinajstić information content (AvgIpc) is 3.08. The highest BCUT2D eigenvalue weighted by molar-refractivity contribution is 5.80. The molecule has 1 aromatic carbocycles. The molecule has 2 fully saturated rings. The summed E-state index contributed by atoms with van der Waals surface area (Å²) in [6.45, 7) is 3.83. The van der Waals surface area contributed by atoms with Gasteiger partial charge in [-0.2, -0.15) is 0 Å². The second-order valence-electron chi connectivity index (χ2n) is 6.98. The zero-order chi connectivity index (χ0) is 17.2. The summed E-state index contributed by atoms with van der Waals surface area (Å²) >= 11 is 0. The Morgan fingerprint density at radius 3 is 2.92 bits per heavy atom. The molecule has 1 atom stereocenters. The molecule has 132 valence electrons. The van der Waals surface area contributed by atoms with Crippen molar-refractivity contribution in [2.45, 2.75) is 25.4 Å². The van der Waals surface area contributed by atoms with Crippen LogP contribution in [-0.2, 0) is 11.3 Å². The van der Waals surface area contributed by atoms with Gasteiger partial charge in [0.1, 0.15) is 5.82 Å². The summed E-state index contributed by atoms with van der Waals surface area (Å²) in [7, 11) is 0. The molecule has 0 saturated carbocycles. The van der Waals surface area contributed by atoms with Gasteiger partial charge in [0, 0.05) is 32.4 Å². The molecule has 7 heteroatoms. The fourth-order valence-electron chi connectivity index (χ4n) is 3.77. The highest BCUT2D eigenvalue weighted by atomic mass is 19.1. The second-order valence-corrected chi connectivity index (χ2v) is 6.98. The van der Waals surface area contributed by atoms with Crippen molar-refractivity contribution in [2.24, 2.45) is 5.92 Å². The Morgan fingerprint density at radius 1 is 1.28 bits per heavy atom. The van der Waals surface area contributed by atoms with Gasteiger partial charge in [-0.05, 0) is 37.1 Å².